The summed E-state index contributed by atoms with van der Waals surface area (Å²) in [6.45, 7) is 0. The molecule has 0 aliphatic carbocycles. The average Bonchev–Trinajstić information content (AvgIpc) is 2.33. The molecule has 0 amide bonds. The lowest BCUT2D eigenvalue weighted by Crippen LogP contribution is -2.18. The van der Waals surface area contributed by atoms with Gasteiger partial charge in [0.2, 0.25) is 0 Å². The fourth-order valence-electron chi connectivity index (χ4n) is 1.65. The zero-order valence-corrected chi connectivity index (χ0v) is 11.7. The molecule has 1 rings (SSSR count). The van der Waals surface area contributed by atoms with Gasteiger partial charge in [-0.05, 0) is 36.1 Å². The van der Waals surface area contributed by atoms with Crippen molar-refractivity contribution >= 4 is 21.9 Å². The van der Waals surface area contributed by atoms with Crippen LogP contribution in [0.5, 0.6) is 5.75 Å². The molecule has 1 aromatic rings. The number of ether oxygens (including phenoxy) is 1. The molecule has 4 nitrogen and oxygen atoms in total. The van der Waals surface area contributed by atoms with E-state index in [9.17, 15) is 23.1 Å². The standard InChI is InChI=1S/C12H12BrF3O4/c13-5-1-2-7-6-8(20-12(14,15)16)3-4-9(7)10(17)11(18)19/h3-4,6,10,17H,1-2,5H2,(H,18,19). The first-order valence-corrected chi connectivity index (χ1v) is 6.72. The Morgan fingerprint density at radius 3 is 2.55 bits per heavy atom. The smallest absolute Gasteiger partial charge is 0.479 e. The summed E-state index contributed by atoms with van der Waals surface area (Å²) in [7, 11) is 0. The summed E-state index contributed by atoms with van der Waals surface area (Å²) in [6, 6.07) is 3.20. The molecule has 112 valence electrons. The van der Waals surface area contributed by atoms with E-state index in [4.69, 9.17) is 5.11 Å². The van der Waals surface area contributed by atoms with E-state index in [0.29, 0.717) is 23.7 Å². The quantitative estimate of drug-likeness (QED) is 0.769. The summed E-state index contributed by atoms with van der Waals surface area (Å²) < 4.78 is 40.2. The van der Waals surface area contributed by atoms with Gasteiger partial charge in [-0.3, -0.25) is 0 Å². The lowest BCUT2D eigenvalue weighted by molar-refractivity contribution is -0.274. The molecule has 0 heterocycles. The predicted octanol–water partition coefficient (Wildman–Crippen LogP) is 3.03. The van der Waals surface area contributed by atoms with Gasteiger partial charge in [0.1, 0.15) is 5.75 Å². The van der Waals surface area contributed by atoms with Crippen LogP contribution in [0.2, 0.25) is 0 Å². The van der Waals surface area contributed by atoms with Crippen molar-refractivity contribution in [1.29, 1.82) is 0 Å². The normalized spacial score (nSPS) is 13.1. The van der Waals surface area contributed by atoms with Crippen molar-refractivity contribution < 1.29 is 32.9 Å². The minimum absolute atomic E-state index is 0.0629. The van der Waals surface area contributed by atoms with E-state index in [2.05, 4.69) is 20.7 Å². The minimum atomic E-state index is -4.82. The van der Waals surface area contributed by atoms with Crippen LogP contribution in [-0.4, -0.2) is 27.9 Å². The zero-order chi connectivity index (χ0) is 15.3. The molecule has 0 aromatic heterocycles. The number of carboxylic acid groups (broad SMARTS) is 1. The Bertz CT molecular complexity index is 476. The third-order valence-electron chi connectivity index (χ3n) is 2.46. The summed E-state index contributed by atoms with van der Waals surface area (Å²) in [4.78, 5) is 10.8. The Morgan fingerprint density at radius 2 is 2.05 bits per heavy atom. The SMILES string of the molecule is O=C(O)C(O)c1ccc(OC(F)(F)F)cc1CCCBr. The summed E-state index contributed by atoms with van der Waals surface area (Å²) in [5.41, 5.74) is 0.370. The average molecular weight is 357 g/mol. The van der Waals surface area contributed by atoms with Gasteiger partial charge in [-0.25, -0.2) is 4.79 Å². The van der Waals surface area contributed by atoms with Crippen LogP contribution >= 0.6 is 15.9 Å². The minimum Gasteiger partial charge on any atom is -0.479 e. The van der Waals surface area contributed by atoms with Crippen molar-refractivity contribution in [2.75, 3.05) is 5.33 Å². The Balaban J connectivity index is 3.09. The van der Waals surface area contributed by atoms with Crippen molar-refractivity contribution in [2.24, 2.45) is 0 Å². The lowest BCUT2D eigenvalue weighted by atomic mass is 9.98. The topological polar surface area (TPSA) is 66.8 Å². The van der Waals surface area contributed by atoms with Gasteiger partial charge in [-0.1, -0.05) is 22.0 Å². The molecule has 2 N–H and O–H groups in total. The van der Waals surface area contributed by atoms with Gasteiger partial charge in [0, 0.05) is 5.33 Å². The number of aryl methyl sites for hydroxylation is 1. The highest BCUT2D eigenvalue weighted by Crippen LogP contribution is 2.28. The molecule has 0 radical (unpaired) electrons. The summed E-state index contributed by atoms with van der Waals surface area (Å²) >= 11 is 3.17. The third kappa shape index (κ3) is 5.01. The van der Waals surface area contributed by atoms with Crippen molar-refractivity contribution in [2.45, 2.75) is 25.3 Å². The summed E-state index contributed by atoms with van der Waals surface area (Å²) in [5.74, 6) is -1.90. The molecule has 1 unspecified atom stereocenters. The van der Waals surface area contributed by atoms with E-state index < -0.39 is 24.2 Å². The van der Waals surface area contributed by atoms with Crippen molar-refractivity contribution in [1.82, 2.24) is 0 Å². The molecule has 20 heavy (non-hydrogen) atoms. The Kier molecular flexibility index (Phi) is 5.82. The van der Waals surface area contributed by atoms with Crippen LogP contribution < -0.4 is 4.74 Å². The largest absolute Gasteiger partial charge is 0.573 e. The second-order valence-electron chi connectivity index (χ2n) is 3.94. The van der Waals surface area contributed by atoms with Crippen LogP contribution in [0.25, 0.3) is 0 Å². The highest BCUT2D eigenvalue weighted by Gasteiger charge is 2.31. The van der Waals surface area contributed by atoms with E-state index in [1.54, 1.807) is 0 Å². The highest BCUT2D eigenvalue weighted by molar-refractivity contribution is 9.09. The number of carboxylic acids is 1. The molecule has 8 heteroatoms. The number of alkyl halides is 4. The van der Waals surface area contributed by atoms with Gasteiger partial charge in [-0.2, -0.15) is 0 Å². The van der Waals surface area contributed by atoms with Crippen LogP contribution in [0.15, 0.2) is 18.2 Å². The Labute approximate surface area is 121 Å². The number of aliphatic hydroxyl groups is 1. The molecule has 1 atom stereocenters. The maximum atomic E-state index is 12.1. The number of rotatable bonds is 6. The van der Waals surface area contributed by atoms with Gasteiger partial charge >= 0.3 is 12.3 Å². The first-order chi connectivity index (χ1) is 9.24. The molecule has 0 saturated heterocycles. The maximum Gasteiger partial charge on any atom is 0.573 e. The molecule has 0 spiro atoms. The summed E-state index contributed by atoms with van der Waals surface area (Å²) in [6.07, 6.45) is -5.70. The van der Waals surface area contributed by atoms with Gasteiger partial charge in [0.15, 0.2) is 6.10 Å². The van der Waals surface area contributed by atoms with Gasteiger partial charge in [-0.15, -0.1) is 13.2 Å². The van der Waals surface area contributed by atoms with Crippen LogP contribution in [0, 0.1) is 0 Å². The monoisotopic (exact) mass is 356 g/mol. The predicted molar refractivity (Wildman–Crippen MR) is 67.8 cm³/mol. The number of aliphatic carboxylic acids is 1. The molecular formula is C12H12BrF3O4. The third-order valence-corrected chi connectivity index (χ3v) is 3.02. The van der Waals surface area contributed by atoms with Crippen LogP contribution in [0.1, 0.15) is 23.7 Å². The maximum absolute atomic E-state index is 12.1. The van der Waals surface area contributed by atoms with E-state index >= 15 is 0 Å². The lowest BCUT2D eigenvalue weighted by Gasteiger charge is -2.15. The molecule has 1 aromatic carbocycles. The second-order valence-corrected chi connectivity index (χ2v) is 4.73. The fraction of sp³-hybridized carbons (Fsp3) is 0.417. The van der Waals surface area contributed by atoms with E-state index in [1.807, 2.05) is 0 Å². The van der Waals surface area contributed by atoms with Crippen molar-refractivity contribution in [3.05, 3.63) is 29.3 Å². The molecule has 0 bridgehead atoms. The number of carbonyl (C=O) groups is 1. The number of hydrogen-bond donors (Lipinski definition) is 2. The molecular weight excluding hydrogens is 345 g/mol. The molecule has 0 fully saturated rings. The second kappa shape index (κ2) is 6.94. The van der Waals surface area contributed by atoms with E-state index in [0.717, 1.165) is 18.2 Å². The van der Waals surface area contributed by atoms with Crippen LogP contribution in [-0.2, 0) is 11.2 Å². The first-order valence-electron chi connectivity index (χ1n) is 5.60. The van der Waals surface area contributed by atoms with Gasteiger partial charge < -0.3 is 14.9 Å². The molecule has 0 saturated carbocycles. The first kappa shape index (κ1) is 16.8. The number of benzene rings is 1. The Morgan fingerprint density at radius 1 is 1.40 bits per heavy atom. The van der Waals surface area contributed by atoms with Crippen LogP contribution in [0.3, 0.4) is 0 Å². The van der Waals surface area contributed by atoms with E-state index in [1.165, 1.54) is 0 Å². The van der Waals surface area contributed by atoms with Crippen molar-refractivity contribution in [3.63, 3.8) is 0 Å². The highest BCUT2D eigenvalue weighted by atomic mass is 79.9. The van der Waals surface area contributed by atoms with Crippen LogP contribution in [0.4, 0.5) is 13.2 Å². The van der Waals surface area contributed by atoms with Crippen molar-refractivity contribution in [3.8, 4) is 5.75 Å². The van der Waals surface area contributed by atoms with E-state index in [-0.39, 0.29) is 5.56 Å². The van der Waals surface area contributed by atoms with Gasteiger partial charge in [0.05, 0.1) is 0 Å². The zero-order valence-electron chi connectivity index (χ0n) is 10.2. The number of hydrogen-bond acceptors (Lipinski definition) is 3. The molecule has 0 aliphatic heterocycles. The Hall–Kier alpha value is -1.28. The molecule has 0 aliphatic rings. The van der Waals surface area contributed by atoms with Gasteiger partial charge in [0.25, 0.3) is 0 Å². The number of aliphatic hydroxyl groups excluding tert-OH is 1. The summed E-state index contributed by atoms with van der Waals surface area (Å²) in [5, 5.41) is 18.9. The fourth-order valence-corrected chi connectivity index (χ4v) is 1.93. The number of halogens is 4.